The summed E-state index contributed by atoms with van der Waals surface area (Å²) >= 11 is 3.17. The summed E-state index contributed by atoms with van der Waals surface area (Å²) in [5.41, 5.74) is 0.200. The SMILES string of the molecule is CN(C)S(=O)(=O)c1ccc(C(=O)O[C@H](C#N)C2CC2)cc1Br. The number of carbonyl (C=O) groups is 1. The minimum absolute atomic E-state index is 0.0630. The Morgan fingerprint density at radius 3 is 2.55 bits per heavy atom. The first-order valence-corrected chi connectivity index (χ1v) is 8.83. The van der Waals surface area contributed by atoms with Gasteiger partial charge in [-0.2, -0.15) is 5.26 Å². The van der Waals surface area contributed by atoms with Crippen LogP contribution in [0, 0.1) is 17.2 Å². The summed E-state index contributed by atoms with van der Waals surface area (Å²) in [6, 6.07) is 6.08. The zero-order chi connectivity index (χ0) is 16.5. The minimum atomic E-state index is -3.60. The van der Waals surface area contributed by atoms with Gasteiger partial charge in [-0.15, -0.1) is 0 Å². The molecule has 0 aliphatic heterocycles. The summed E-state index contributed by atoms with van der Waals surface area (Å²) < 4.78 is 30.7. The van der Waals surface area contributed by atoms with Crippen LogP contribution in [0.15, 0.2) is 27.6 Å². The predicted octanol–water partition coefficient (Wildman–Crippen LogP) is 2.16. The second-order valence-corrected chi connectivity index (χ2v) is 8.20. The third-order valence-electron chi connectivity index (χ3n) is 3.34. The van der Waals surface area contributed by atoms with Crippen LogP contribution >= 0.6 is 15.9 Å². The van der Waals surface area contributed by atoms with Crippen molar-refractivity contribution in [3.63, 3.8) is 0 Å². The highest BCUT2D eigenvalue weighted by molar-refractivity contribution is 9.10. The quantitative estimate of drug-likeness (QED) is 0.723. The van der Waals surface area contributed by atoms with E-state index in [1.54, 1.807) is 0 Å². The molecule has 0 spiro atoms. The Balaban J connectivity index is 2.22. The molecule has 2 rings (SSSR count). The average Bonchev–Trinajstić information content (AvgIpc) is 3.28. The average molecular weight is 387 g/mol. The molecule has 1 saturated carbocycles. The number of halogens is 1. The fraction of sp³-hybridized carbons (Fsp3) is 0.429. The third kappa shape index (κ3) is 3.48. The van der Waals surface area contributed by atoms with Gasteiger partial charge in [-0.1, -0.05) is 0 Å². The molecule has 0 radical (unpaired) electrons. The topological polar surface area (TPSA) is 87.5 Å². The molecule has 0 amide bonds. The van der Waals surface area contributed by atoms with E-state index in [2.05, 4.69) is 15.9 Å². The van der Waals surface area contributed by atoms with Crippen LogP contribution < -0.4 is 0 Å². The molecule has 0 heterocycles. The number of hydrogen-bond acceptors (Lipinski definition) is 5. The van der Waals surface area contributed by atoms with Crippen molar-refractivity contribution in [2.45, 2.75) is 23.8 Å². The summed E-state index contributed by atoms with van der Waals surface area (Å²) in [6.07, 6.45) is 1.03. The van der Waals surface area contributed by atoms with Gasteiger partial charge in [0.1, 0.15) is 6.07 Å². The van der Waals surface area contributed by atoms with E-state index in [-0.39, 0.29) is 20.8 Å². The summed E-state index contributed by atoms with van der Waals surface area (Å²) in [6.45, 7) is 0. The number of esters is 1. The minimum Gasteiger partial charge on any atom is -0.443 e. The maximum absolute atomic E-state index is 12.1. The molecule has 0 bridgehead atoms. The second kappa shape index (κ2) is 6.36. The van der Waals surface area contributed by atoms with Crippen molar-refractivity contribution < 1.29 is 17.9 Å². The van der Waals surface area contributed by atoms with E-state index >= 15 is 0 Å². The third-order valence-corrected chi connectivity index (χ3v) is 6.13. The first-order valence-electron chi connectivity index (χ1n) is 6.60. The summed E-state index contributed by atoms with van der Waals surface area (Å²) in [4.78, 5) is 12.1. The maximum atomic E-state index is 12.1. The maximum Gasteiger partial charge on any atom is 0.339 e. The Bertz CT molecular complexity index is 736. The van der Waals surface area contributed by atoms with Crippen molar-refractivity contribution in [3.8, 4) is 6.07 Å². The molecule has 0 saturated heterocycles. The van der Waals surface area contributed by atoms with Crippen LogP contribution in [0.3, 0.4) is 0 Å². The summed E-state index contributed by atoms with van der Waals surface area (Å²) in [5, 5.41) is 8.98. The van der Waals surface area contributed by atoms with E-state index in [0.717, 1.165) is 17.1 Å². The van der Waals surface area contributed by atoms with Crippen LogP contribution in [-0.4, -0.2) is 38.9 Å². The normalized spacial score (nSPS) is 16.1. The van der Waals surface area contributed by atoms with Gasteiger partial charge in [-0.05, 0) is 47.0 Å². The first-order chi connectivity index (χ1) is 10.3. The number of nitriles is 1. The van der Waals surface area contributed by atoms with Crippen molar-refractivity contribution in [1.29, 1.82) is 5.26 Å². The Hall–Kier alpha value is -1.43. The molecule has 1 aromatic rings. The predicted molar refractivity (Wildman–Crippen MR) is 82.6 cm³/mol. The molecule has 6 nitrogen and oxygen atoms in total. The van der Waals surface area contributed by atoms with Gasteiger partial charge in [0, 0.05) is 24.5 Å². The van der Waals surface area contributed by atoms with Gasteiger partial charge < -0.3 is 4.74 Å². The molecular weight excluding hydrogens is 372 g/mol. The molecular formula is C14H15BrN2O4S. The van der Waals surface area contributed by atoms with E-state index in [1.165, 1.54) is 32.3 Å². The number of ether oxygens (including phenoxy) is 1. The molecule has 8 heteroatoms. The zero-order valence-corrected chi connectivity index (χ0v) is 14.5. The Morgan fingerprint density at radius 2 is 2.09 bits per heavy atom. The molecule has 0 unspecified atom stereocenters. The molecule has 0 aromatic heterocycles. The number of carbonyl (C=O) groups excluding carboxylic acids is 1. The fourth-order valence-corrected chi connectivity index (χ4v) is 3.78. The molecule has 1 aliphatic carbocycles. The highest BCUT2D eigenvalue weighted by Gasteiger charge is 2.34. The molecule has 1 fully saturated rings. The Kier molecular flexibility index (Phi) is 4.90. The van der Waals surface area contributed by atoms with Crippen LogP contribution in [-0.2, 0) is 14.8 Å². The van der Waals surface area contributed by atoms with Crippen molar-refractivity contribution in [1.82, 2.24) is 4.31 Å². The summed E-state index contributed by atoms with van der Waals surface area (Å²) in [5.74, 6) is -0.515. The fourth-order valence-electron chi connectivity index (χ4n) is 1.84. The number of hydrogen-bond donors (Lipinski definition) is 0. The number of nitrogens with zero attached hydrogens (tertiary/aromatic N) is 2. The number of sulfonamides is 1. The van der Waals surface area contributed by atoms with Gasteiger partial charge in [-0.25, -0.2) is 17.5 Å². The lowest BCUT2D eigenvalue weighted by atomic mass is 10.2. The van der Waals surface area contributed by atoms with Gasteiger partial charge in [0.2, 0.25) is 10.0 Å². The van der Waals surface area contributed by atoms with Gasteiger partial charge in [-0.3, -0.25) is 0 Å². The van der Waals surface area contributed by atoms with Gasteiger partial charge >= 0.3 is 5.97 Å². The van der Waals surface area contributed by atoms with Gasteiger partial charge in [0.15, 0.2) is 6.10 Å². The largest absolute Gasteiger partial charge is 0.443 e. The lowest BCUT2D eigenvalue weighted by Crippen LogP contribution is -2.23. The number of rotatable bonds is 5. The molecule has 0 N–H and O–H groups in total. The molecule has 1 aromatic carbocycles. The van der Waals surface area contributed by atoms with Crippen LogP contribution in [0.5, 0.6) is 0 Å². The van der Waals surface area contributed by atoms with Crippen LogP contribution in [0.1, 0.15) is 23.2 Å². The van der Waals surface area contributed by atoms with Crippen molar-refractivity contribution in [2.75, 3.05) is 14.1 Å². The van der Waals surface area contributed by atoms with E-state index in [1.807, 2.05) is 6.07 Å². The highest BCUT2D eigenvalue weighted by Crippen LogP contribution is 2.34. The van der Waals surface area contributed by atoms with E-state index in [4.69, 9.17) is 10.00 Å². The van der Waals surface area contributed by atoms with Crippen molar-refractivity contribution >= 4 is 31.9 Å². The van der Waals surface area contributed by atoms with Gasteiger partial charge in [0.25, 0.3) is 0 Å². The molecule has 1 aliphatic rings. The number of benzene rings is 1. The van der Waals surface area contributed by atoms with Crippen molar-refractivity contribution in [2.24, 2.45) is 5.92 Å². The van der Waals surface area contributed by atoms with Crippen LogP contribution in [0.4, 0.5) is 0 Å². The van der Waals surface area contributed by atoms with Crippen LogP contribution in [0.2, 0.25) is 0 Å². The molecule has 118 valence electrons. The Labute approximate surface area is 137 Å². The smallest absolute Gasteiger partial charge is 0.339 e. The molecule has 1 atom stereocenters. The first kappa shape index (κ1) is 16.9. The Morgan fingerprint density at radius 1 is 1.45 bits per heavy atom. The van der Waals surface area contributed by atoms with E-state index < -0.39 is 22.1 Å². The highest BCUT2D eigenvalue weighted by atomic mass is 79.9. The van der Waals surface area contributed by atoms with Crippen LogP contribution in [0.25, 0.3) is 0 Å². The van der Waals surface area contributed by atoms with Crippen molar-refractivity contribution in [3.05, 3.63) is 28.2 Å². The second-order valence-electron chi connectivity index (χ2n) is 5.23. The lowest BCUT2D eigenvalue weighted by molar-refractivity contribution is 0.0369. The monoisotopic (exact) mass is 386 g/mol. The van der Waals surface area contributed by atoms with Gasteiger partial charge in [0.05, 0.1) is 10.5 Å². The van der Waals surface area contributed by atoms with E-state index in [9.17, 15) is 13.2 Å². The lowest BCUT2D eigenvalue weighted by Gasteiger charge is -2.14. The summed E-state index contributed by atoms with van der Waals surface area (Å²) in [7, 11) is -0.744. The molecule has 22 heavy (non-hydrogen) atoms. The zero-order valence-electron chi connectivity index (χ0n) is 12.1. The van der Waals surface area contributed by atoms with E-state index in [0.29, 0.717) is 0 Å². The standard InChI is InChI=1S/C14H15BrN2O4S/c1-17(2)22(19,20)13-6-5-10(7-11(13)15)14(18)21-12(8-16)9-3-4-9/h5-7,9,12H,3-4H2,1-2H3/t12-/m1/s1.